The van der Waals surface area contributed by atoms with E-state index in [1.807, 2.05) is 18.2 Å². The van der Waals surface area contributed by atoms with Crippen molar-refractivity contribution >= 4 is 35.3 Å². The van der Waals surface area contributed by atoms with Gasteiger partial charge in [0, 0.05) is 29.6 Å². The van der Waals surface area contributed by atoms with Crippen LogP contribution in [0.5, 0.6) is 11.5 Å². The minimum atomic E-state index is -0.387. The number of carbonyl (C=O) groups excluding carboxylic acids is 2. The van der Waals surface area contributed by atoms with Crippen molar-refractivity contribution in [3.05, 3.63) is 88.1 Å². The molecule has 0 saturated carbocycles. The zero-order valence-corrected chi connectivity index (χ0v) is 20.4. The highest BCUT2D eigenvalue weighted by atomic mass is 32.2. The van der Waals surface area contributed by atoms with Crippen LogP contribution >= 0.6 is 11.8 Å². The van der Waals surface area contributed by atoms with Crippen molar-refractivity contribution in [1.29, 1.82) is 0 Å². The van der Waals surface area contributed by atoms with E-state index in [-0.39, 0.29) is 17.6 Å². The van der Waals surface area contributed by atoms with E-state index in [1.165, 1.54) is 22.7 Å². The van der Waals surface area contributed by atoms with Gasteiger partial charge in [0.05, 0.1) is 24.8 Å². The van der Waals surface area contributed by atoms with Crippen LogP contribution < -0.4 is 19.7 Å². The first-order valence-electron chi connectivity index (χ1n) is 11.0. The van der Waals surface area contributed by atoms with Crippen molar-refractivity contribution < 1.29 is 23.5 Å². The lowest BCUT2D eigenvalue weighted by molar-refractivity contribution is -0.114. The number of amides is 2. The van der Waals surface area contributed by atoms with Crippen LogP contribution in [0.25, 0.3) is 6.08 Å². The molecule has 0 saturated heterocycles. The van der Waals surface area contributed by atoms with Gasteiger partial charge in [-0.1, -0.05) is 36.0 Å². The average Bonchev–Trinajstić information content (AvgIpc) is 2.88. The number of rotatable bonds is 7. The Hall–Kier alpha value is -3.78. The van der Waals surface area contributed by atoms with E-state index in [0.29, 0.717) is 46.2 Å². The molecule has 0 atom stereocenters. The summed E-state index contributed by atoms with van der Waals surface area (Å²) in [6, 6.07) is 17.2. The molecule has 0 radical (unpaired) electrons. The van der Waals surface area contributed by atoms with Gasteiger partial charge in [0.15, 0.2) is 11.5 Å². The molecule has 180 valence electrons. The van der Waals surface area contributed by atoms with Gasteiger partial charge in [-0.3, -0.25) is 9.59 Å². The van der Waals surface area contributed by atoms with Gasteiger partial charge in [-0.05, 0) is 54.5 Å². The molecule has 1 heterocycles. The lowest BCUT2D eigenvalue weighted by Crippen LogP contribution is -2.31. The number of thioether (sulfide) groups is 1. The van der Waals surface area contributed by atoms with Crippen LogP contribution in [0.3, 0.4) is 0 Å². The van der Waals surface area contributed by atoms with Crippen molar-refractivity contribution in [2.24, 2.45) is 0 Å². The second kappa shape index (κ2) is 10.7. The number of fused-ring (bicyclic) bond motifs is 1. The number of halogens is 1. The number of benzene rings is 3. The van der Waals surface area contributed by atoms with Gasteiger partial charge in [-0.15, -0.1) is 0 Å². The van der Waals surface area contributed by atoms with Crippen LogP contribution in [0.1, 0.15) is 21.5 Å². The maximum atomic E-state index is 14.1. The molecule has 0 fully saturated rings. The Morgan fingerprint density at radius 2 is 1.83 bits per heavy atom. The Bertz CT molecular complexity index is 1310. The standard InChI is InChI=1S/C27H25FN2O4S/c1-30-21-15-19(26(31)29-13-12-17-8-10-22(33-2)23(14-17)34-3)9-11-24(21)35-25(27(30)32)16-18-6-4-5-7-20(18)28/h4-11,14-16H,12-13H2,1-3H3,(H,29,31). The fourth-order valence-electron chi connectivity index (χ4n) is 3.73. The number of likely N-dealkylation sites (N-methyl/N-ethyl adjacent to an activating group) is 1. The summed E-state index contributed by atoms with van der Waals surface area (Å²) >= 11 is 1.26. The molecule has 0 aromatic heterocycles. The third kappa shape index (κ3) is 5.33. The number of nitrogens with one attached hydrogen (secondary N) is 1. The summed E-state index contributed by atoms with van der Waals surface area (Å²) < 4.78 is 24.6. The van der Waals surface area contributed by atoms with E-state index in [1.54, 1.807) is 63.7 Å². The summed E-state index contributed by atoms with van der Waals surface area (Å²) in [5.41, 5.74) is 2.45. The molecule has 0 spiro atoms. The van der Waals surface area contributed by atoms with Crippen LogP contribution in [0.15, 0.2) is 70.5 Å². The number of ether oxygens (including phenoxy) is 2. The predicted molar refractivity (Wildman–Crippen MR) is 136 cm³/mol. The maximum Gasteiger partial charge on any atom is 0.264 e. The van der Waals surface area contributed by atoms with E-state index in [9.17, 15) is 14.0 Å². The molecule has 4 rings (SSSR count). The molecule has 6 nitrogen and oxygen atoms in total. The Morgan fingerprint density at radius 1 is 1.06 bits per heavy atom. The van der Waals surface area contributed by atoms with Crippen molar-refractivity contribution in [1.82, 2.24) is 5.32 Å². The SMILES string of the molecule is COc1ccc(CCNC(=O)c2ccc3c(c2)N(C)C(=O)C(=Cc2ccccc2F)S3)cc1OC. The molecular weight excluding hydrogens is 467 g/mol. The quantitative estimate of drug-likeness (QED) is 0.474. The molecule has 1 aliphatic heterocycles. The number of anilines is 1. The van der Waals surface area contributed by atoms with Gasteiger partial charge in [0.2, 0.25) is 0 Å². The van der Waals surface area contributed by atoms with Crippen LogP contribution in [-0.4, -0.2) is 39.6 Å². The van der Waals surface area contributed by atoms with E-state index >= 15 is 0 Å². The van der Waals surface area contributed by atoms with Gasteiger partial charge >= 0.3 is 0 Å². The Balaban J connectivity index is 1.45. The fourth-order valence-corrected chi connectivity index (χ4v) is 4.81. The van der Waals surface area contributed by atoms with Crippen molar-refractivity contribution in [3.8, 4) is 11.5 Å². The first-order valence-corrected chi connectivity index (χ1v) is 11.8. The summed E-state index contributed by atoms with van der Waals surface area (Å²) in [4.78, 5) is 28.4. The lowest BCUT2D eigenvalue weighted by Gasteiger charge is -2.27. The van der Waals surface area contributed by atoms with Gasteiger partial charge in [-0.2, -0.15) is 0 Å². The molecular formula is C27H25FN2O4S. The molecule has 0 unspecified atom stereocenters. The summed E-state index contributed by atoms with van der Waals surface area (Å²) in [5, 5.41) is 2.92. The minimum absolute atomic E-state index is 0.230. The monoisotopic (exact) mass is 492 g/mol. The molecule has 8 heteroatoms. The van der Waals surface area contributed by atoms with Crippen LogP contribution in [0.2, 0.25) is 0 Å². The normalized spacial score (nSPS) is 14.0. The van der Waals surface area contributed by atoms with E-state index in [2.05, 4.69) is 5.32 Å². The van der Waals surface area contributed by atoms with Gasteiger partial charge in [0.25, 0.3) is 11.8 Å². The maximum absolute atomic E-state index is 14.1. The van der Waals surface area contributed by atoms with Crippen LogP contribution in [-0.2, 0) is 11.2 Å². The van der Waals surface area contributed by atoms with E-state index in [0.717, 1.165) is 10.5 Å². The molecule has 35 heavy (non-hydrogen) atoms. The highest BCUT2D eigenvalue weighted by Crippen LogP contribution is 2.42. The minimum Gasteiger partial charge on any atom is -0.493 e. The summed E-state index contributed by atoms with van der Waals surface area (Å²) in [6.45, 7) is 0.435. The fraction of sp³-hybridized carbons (Fsp3) is 0.185. The van der Waals surface area contributed by atoms with Gasteiger partial charge in [-0.25, -0.2) is 4.39 Å². The number of hydrogen-bond donors (Lipinski definition) is 1. The molecule has 3 aromatic carbocycles. The zero-order chi connectivity index (χ0) is 24.9. The van der Waals surface area contributed by atoms with Gasteiger partial charge < -0.3 is 19.7 Å². The second-order valence-electron chi connectivity index (χ2n) is 7.87. The summed E-state index contributed by atoms with van der Waals surface area (Å²) in [7, 11) is 4.81. The highest BCUT2D eigenvalue weighted by molar-refractivity contribution is 8.04. The van der Waals surface area contributed by atoms with E-state index < -0.39 is 0 Å². The number of hydrogen-bond acceptors (Lipinski definition) is 5. The van der Waals surface area contributed by atoms with Gasteiger partial charge in [0.1, 0.15) is 5.82 Å². The predicted octanol–water partition coefficient (Wildman–Crippen LogP) is 4.93. The number of nitrogens with zero attached hydrogens (tertiary/aromatic N) is 1. The average molecular weight is 493 g/mol. The first kappa shape index (κ1) is 24.3. The zero-order valence-electron chi connectivity index (χ0n) is 19.6. The first-order chi connectivity index (χ1) is 16.9. The molecule has 3 aromatic rings. The summed E-state index contributed by atoms with van der Waals surface area (Å²) in [6.07, 6.45) is 2.17. The number of carbonyl (C=O) groups is 2. The summed E-state index contributed by atoms with van der Waals surface area (Å²) in [5.74, 6) is 0.419. The third-order valence-electron chi connectivity index (χ3n) is 5.66. The molecule has 1 N–H and O–H groups in total. The highest BCUT2D eigenvalue weighted by Gasteiger charge is 2.27. The Labute approximate surface area is 207 Å². The van der Waals surface area contributed by atoms with Crippen LogP contribution in [0.4, 0.5) is 10.1 Å². The Morgan fingerprint density at radius 3 is 2.57 bits per heavy atom. The number of methoxy groups -OCH3 is 2. The third-order valence-corrected chi connectivity index (χ3v) is 6.73. The molecule has 0 aliphatic carbocycles. The van der Waals surface area contributed by atoms with Crippen molar-refractivity contribution in [3.63, 3.8) is 0 Å². The van der Waals surface area contributed by atoms with Crippen molar-refractivity contribution in [2.75, 3.05) is 32.7 Å². The largest absolute Gasteiger partial charge is 0.493 e. The Kier molecular flexibility index (Phi) is 7.41. The molecule has 1 aliphatic rings. The van der Waals surface area contributed by atoms with Crippen LogP contribution in [0, 0.1) is 5.82 Å². The molecule has 0 bridgehead atoms. The topological polar surface area (TPSA) is 67.9 Å². The smallest absolute Gasteiger partial charge is 0.264 e. The lowest BCUT2D eigenvalue weighted by atomic mass is 10.1. The van der Waals surface area contributed by atoms with E-state index in [4.69, 9.17) is 9.47 Å². The van der Waals surface area contributed by atoms with Crippen molar-refractivity contribution in [2.45, 2.75) is 11.3 Å². The second-order valence-corrected chi connectivity index (χ2v) is 8.96. The molecule has 2 amide bonds.